The standard InChI is InChI=1S/C22H25F2N5O2S/c1-14-6-15(2)11-28(10-14)21-26-27-22(29(21)12-19-4-3-5-31-19)32-13-20(30)25-18-8-16(23)7-17(24)9-18/h3-5,7-9,14-15H,6,10-13H2,1-2H3,(H,25,30). The summed E-state index contributed by atoms with van der Waals surface area (Å²) in [6, 6.07) is 6.60. The van der Waals surface area contributed by atoms with Gasteiger partial charge in [0.1, 0.15) is 17.4 Å². The molecule has 0 aliphatic carbocycles. The Kier molecular flexibility index (Phi) is 6.78. The van der Waals surface area contributed by atoms with E-state index in [0.29, 0.717) is 23.5 Å². The average Bonchev–Trinajstić information content (AvgIpc) is 3.35. The van der Waals surface area contributed by atoms with Crippen molar-refractivity contribution in [1.82, 2.24) is 14.8 Å². The van der Waals surface area contributed by atoms with Crippen LogP contribution in [0.15, 0.2) is 46.2 Å². The van der Waals surface area contributed by atoms with Gasteiger partial charge in [-0.3, -0.25) is 9.36 Å². The molecule has 0 radical (unpaired) electrons. The first-order valence-electron chi connectivity index (χ1n) is 10.5. The van der Waals surface area contributed by atoms with E-state index >= 15 is 0 Å². The number of rotatable bonds is 7. The second kappa shape index (κ2) is 9.72. The van der Waals surface area contributed by atoms with Gasteiger partial charge < -0.3 is 14.6 Å². The highest BCUT2D eigenvalue weighted by Gasteiger charge is 2.27. The molecule has 4 rings (SSSR count). The summed E-state index contributed by atoms with van der Waals surface area (Å²) in [5.74, 6) is 0.708. The van der Waals surface area contributed by atoms with Crippen LogP contribution in [0.4, 0.5) is 20.4 Å². The van der Waals surface area contributed by atoms with E-state index < -0.39 is 17.5 Å². The minimum atomic E-state index is -0.749. The number of hydrogen-bond donors (Lipinski definition) is 1. The summed E-state index contributed by atoms with van der Waals surface area (Å²) in [5, 5.41) is 11.8. The SMILES string of the molecule is CC1CC(C)CN(c2nnc(SCC(=O)Nc3cc(F)cc(F)c3)n2Cc2ccco2)C1. The minimum Gasteiger partial charge on any atom is -0.467 e. The maximum Gasteiger partial charge on any atom is 0.234 e. The van der Waals surface area contributed by atoms with Crippen molar-refractivity contribution in [2.45, 2.75) is 32.0 Å². The summed E-state index contributed by atoms with van der Waals surface area (Å²) >= 11 is 1.21. The highest BCUT2D eigenvalue weighted by Crippen LogP contribution is 2.29. The lowest BCUT2D eigenvalue weighted by Gasteiger charge is -2.35. The van der Waals surface area contributed by atoms with Gasteiger partial charge >= 0.3 is 0 Å². The van der Waals surface area contributed by atoms with Crippen molar-refractivity contribution in [2.75, 3.05) is 29.1 Å². The molecule has 2 aromatic heterocycles. The molecule has 1 N–H and O–H groups in total. The van der Waals surface area contributed by atoms with Crippen LogP contribution < -0.4 is 10.2 Å². The van der Waals surface area contributed by atoms with Gasteiger partial charge in [0.05, 0.1) is 18.6 Å². The van der Waals surface area contributed by atoms with Crippen molar-refractivity contribution < 1.29 is 18.0 Å². The molecule has 32 heavy (non-hydrogen) atoms. The molecule has 1 aromatic carbocycles. The first-order chi connectivity index (χ1) is 15.4. The first kappa shape index (κ1) is 22.3. The lowest BCUT2D eigenvalue weighted by molar-refractivity contribution is -0.113. The zero-order valence-electron chi connectivity index (χ0n) is 17.9. The number of nitrogens with one attached hydrogen (secondary N) is 1. The van der Waals surface area contributed by atoms with Crippen molar-refractivity contribution in [2.24, 2.45) is 11.8 Å². The highest BCUT2D eigenvalue weighted by atomic mass is 32.2. The van der Waals surface area contributed by atoms with Crippen molar-refractivity contribution in [1.29, 1.82) is 0 Å². The Hall–Kier alpha value is -2.88. The molecule has 0 bridgehead atoms. The zero-order chi connectivity index (χ0) is 22.7. The molecule has 2 atom stereocenters. The monoisotopic (exact) mass is 461 g/mol. The molecule has 1 saturated heterocycles. The van der Waals surface area contributed by atoms with Crippen LogP contribution in [0.5, 0.6) is 0 Å². The van der Waals surface area contributed by atoms with Gasteiger partial charge in [0.2, 0.25) is 11.9 Å². The third-order valence-corrected chi connectivity index (χ3v) is 6.19. The molecule has 3 heterocycles. The Morgan fingerprint density at radius 1 is 1.19 bits per heavy atom. The van der Waals surface area contributed by atoms with Crippen molar-refractivity contribution in [3.05, 3.63) is 54.0 Å². The van der Waals surface area contributed by atoms with E-state index in [1.54, 1.807) is 6.26 Å². The molecule has 3 aromatic rings. The van der Waals surface area contributed by atoms with Crippen LogP contribution >= 0.6 is 11.8 Å². The summed E-state index contributed by atoms with van der Waals surface area (Å²) in [5.41, 5.74) is 0.0714. The van der Waals surface area contributed by atoms with Crippen molar-refractivity contribution >= 4 is 29.3 Å². The molecule has 0 saturated carbocycles. The number of carbonyl (C=O) groups excluding carboxylic acids is 1. The van der Waals surface area contributed by atoms with E-state index in [9.17, 15) is 13.6 Å². The van der Waals surface area contributed by atoms with Gasteiger partial charge in [0.15, 0.2) is 5.16 Å². The number of carbonyl (C=O) groups is 1. The topological polar surface area (TPSA) is 76.2 Å². The molecule has 2 unspecified atom stereocenters. The molecule has 1 aliphatic rings. The Labute approximate surface area is 189 Å². The maximum absolute atomic E-state index is 13.4. The fourth-order valence-electron chi connectivity index (χ4n) is 4.10. The number of nitrogens with zero attached hydrogens (tertiary/aromatic N) is 4. The largest absolute Gasteiger partial charge is 0.467 e. The zero-order valence-corrected chi connectivity index (χ0v) is 18.7. The van der Waals surface area contributed by atoms with Gasteiger partial charge in [-0.2, -0.15) is 0 Å². The van der Waals surface area contributed by atoms with Crippen LogP contribution in [0.2, 0.25) is 0 Å². The fraction of sp³-hybridized carbons (Fsp3) is 0.409. The predicted molar refractivity (Wildman–Crippen MR) is 119 cm³/mol. The van der Waals surface area contributed by atoms with E-state index in [1.165, 1.54) is 18.2 Å². The number of piperidine rings is 1. The Bertz CT molecular complexity index is 1040. The Morgan fingerprint density at radius 2 is 1.91 bits per heavy atom. The summed E-state index contributed by atoms with van der Waals surface area (Å²) in [7, 11) is 0. The van der Waals surface area contributed by atoms with Crippen molar-refractivity contribution in [3.63, 3.8) is 0 Å². The van der Waals surface area contributed by atoms with Crippen LogP contribution in [-0.2, 0) is 11.3 Å². The molecule has 10 heteroatoms. The second-order valence-corrected chi connectivity index (χ2v) is 9.24. The van der Waals surface area contributed by atoms with E-state index in [2.05, 4.69) is 34.3 Å². The number of benzene rings is 1. The number of amides is 1. The molecular weight excluding hydrogens is 436 g/mol. The summed E-state index contributed by atoms with van der Waals surface area (Å²) < 4.78 is 34.2. The average molecular weight is 462 g/mol. The van der Waals surface area contributed by atoms with Crippen LogP contribution in [0.3, 0.4) is 0 Å². The lowest BCUT2D eigenvalue weighted by atomic mass is 9.92. The van der Waals surface area contributed by atoms with Crippen LogP contribution in [0.25, 0.3) is 0 Å². The van der Waals surface area contributed by atoms with Gasteiger partial charge in [0.25, 0.3) is 0 Å². The Balaban J connectivity index is 1.50. The van der Waals surface area contributed by atoms with Gasteiger partial charge in [-0.15, -0.1) is 10.2 Å². The van der Waals surface area contributed by atoms with E-state index in [-0.39, 0.29) is 11.4 Å². The van der Waals surface area contributed by atoms with Gasteiger partial charge in [-0.05, 0) is 42.5 Å². The molecule has 0 spiro atoms. The summed E-state index contributed by atoms with van der Waals surface area (Å²) in [4.78, 5) is 14.6. The van der Waals surface area contributed by atoms with E-state index in [1.807, 2.05) is 16.7 Å². The maximum atomic E-state index is 13.4. The van der Waals surface area contributed by atoms with Crippen LogP contribution in [0.1, 0.15) is 26.0 Å². The number of furan rings is 1. The normalized spacial score (nSPS) is 18.7. The van der Waals surface area contributed by atoms with Gasteiger partial charge in [0, 0.05) is 24.8 Å². The molecule has 1 aliphatic heterocycles. The van der Waals surface area contributed by atoms with E-state index in [4.69, 9.17) is 4.42 Å². The first-order valence-corrected chi connectivity index (χ1v) is 11.4. The third kappa shape index (κ3) is 5.48. The van der Waals surface area contributed by atoms with Gasteiger partial charge in [-0.25, -0.2) is 8.78 Å². The minimum absolute atomic E-state index is 0.0151. The molecular formula is C22H25F2N5O2S. The molecule has 1 amide bonds. The number of anilines is 2. The van der Waals surface area contributed by atoms with Gasteiger partial charge in [-0.1, -0.05) is 25.6 Å². The highest BCUT2D eigenvalue weighted by molar-refractivity contribution is 7.99. The summed E-state index contributed by atoms with van der Waals surface area (Å²) in [6.45, 7) is 6.66. The number of halogens is 2. The van der Waals surface area contributed by atoms with Crippen LogP contribution in [0, 0.1) is 23.5 Å². The predicted octanol–water partition coefficient (Wildman–Crippen LogP) is 4.41. The molecule has 170 valence electrons. The quantitative estimate of drug-likeness (QED) is 0.526. The second-order valence-electron chi connectivity index (χ2n) is 8.29. The molecule has 7 nitrogen and oxygen atoms in total. The third-order valence-electron chi connectivity index (χ3n) is 5.22. The fourth-order valence-corrected chi connectivity index (χ4v) is 4.83. The molecule has 1 fully saturated rings. The van der Waals surface area contributed by atoms with Crippen LogP contribution in [-0.4, -0.2) is 39.5 Å². The number of hydrogen-bond acceptors (Lipinski definition) is 6. The smallest absolute Gasteiger partial charge is 0.234 e. The van der Waals surface area contributed by atoms with E-state index in [0.717, 1.165) is 43.0 Å². The number of thioether (sulfide) groups is 1. The number of aromatic nitrogens is 3. The lowest BCUT2D eigenvalue weighted by Crippen LogP contribution is -2.40. The Morgan fingerprint density at radius 3 is 2.56 bits per heavy atom. The summed E-state index contributed by atoms with van der Waals surface area (Å²) in [6.07, 6.45) is 2.79. The van der Waals surface area contributed by atoms with Crippen molar-refractivity contribution in [3.8, 4) is 0 Å².